The van der Waals surface area contributed by atoms with E-state index in [1.165, 1.54) is 22.2 Å². The zero-order valence-electron chi connectivity index (χ0n) is 10.4. The molecule has 1 heterocycles. The van der Waals surface area contributed by atoms with Gasteiger partial charge >= 0.3 is 0 Å². The highest BCUT2D eigenvalue weighted by Crippen LogP contribution is 2.35. The van der Waals surface area contributed by atoms with Crippen LogP contribution in [0.2, 0.25) is 0 Å². The van der Waals surface area contributed by atoms with Crippen LogP contribution in [-0.2, 0) is 14.8 Å². The Morgan fingerprint density at radius 1 is 1.42 bits per heavy atom. The van der Waals surface area contributed by atoms with E-state index >= 15 is 0 Å². The maximum Gasteiger partial charge on any atom is 0.285 e. The second-order valence-corrected chi connectivity index (χ2v) is 6.65. The summed E-state index contributed by atoms with van der Waals surface area (Å²) in [7, 11) is -0.401. The highest BCUT2D eigenvalue weighted by Gasteiger charge is 2.28. The molecule has 2 rings (SSSR count). The van der Waals surface area contributed by atoms with Gasteiger partial charge in [0.15, 0.2) is 0 Å². The number of carbonyl (C=O) groups is 1. The summed E-state index contributed by atoms with van der Waals surface area (Å²) in [6.45, 7) is 0.0294. The molecule has 1 aliphatic heterocycles. The summed E-state index contributed by atoms with van der Waals surface area (Å²) >= 11 is 3.31. The van der Waals surface area contributed by atoms with Crippen LogP contribution in [0.4, 0.5) is 5.69 Å². The molecule has 19 heavy (non-hydrogen) atoms. The van der Waals surface area contributed by atoms with Crippen molar-refractivity contribution in [1.82, 2.24) is 4.90 Å². The third-order valence-corrected chi connectivity index (χ3v) is 4.54. The molecule has 102 valence electrons. The third kappa shape index (κ3) is 2.64. The minimum atomic E-state index is -3.68. The van der Waals surface area contributed by atoms with E-state index in [1.54, 1.807) is 26.2 Å². The summed E-state index contributed by atoms with van der Waals surface area (Å²) in [5.41, 5.74) is 0.438. The molecule has 0 N–H and O–H groups in total. The second kappa shape index (κ2) is 4.93. The Hall–Kier alpha value is -1.41. The number of hydrogen-bond donors (Lipinski definition) is 0. The number of amides is 1. The number of hydrogen-bond acceptors (Lipinski definition) is 4. The maximum atomic E-state index is 11.8. The fourth-order valence-electron chi connectivity index (χ4n) is 1.62. The molecule has 0 spiro atoms. The number of sulfonamides is 1. The number of nitrogens with zero attached hydrogens (tertiary/aromatic N) is 3. The van der Waals surface area contributed by atoms with Crippen LogP contribution < -0.4 is 4.90 Å². The molecule has 0 fully saturated rings. The van der Waals surface area contributed by atoms with Gasteiger partial charge in [-0.05, 0) is 28.1 Å². The van der Waals surface area contributed by atoms with Crippen LogP contribution in [0.5, 0.6) is 0 Å². The summed E-state index contributed by atoms with van der Waals surface area (Å²) in [6, 6.07) is 4.81. The molecule has 0 atom stereocenters. The second-order valence-electron chi connectivity index (χ2n) is 4.20. The van der Waals surface area contributed by atoms with E-state index in [0.29, 0.717) is 10.2 Å². The van der Waals surface area contributed by atoms with Gasteiger partial charge in [-0.1, -0.05) is 6.07 Å². The Morgan fingerprint density at radius 2 is 2.11 bits per heavy atom. The SMILES string of the molecule is CN(C)C(=O)CN1C=NS(=O)(=O)c2cccc(Br)c21. The molecule has 1 amide bonds. The Kier molecular flexibility index (Phi) is 3.64. The van der Waals surface area contributed by atoms with Crippen molar-refractivity contribution in [2.24, 2.45) is 4.40 Å². The monoisotopic (exact) mass is 345 g/mol. The molecule has 1 aromatic rings. The van der Waals surface area contributed by atoms with Crippen LogP contribution in [0.15, 0.2) is 32.0 Å². The molecule has 8 heteroatoms. The number of benzene rings is 1. The van der Waals surface area contributed by atoms with Crippen molar-refractivity contribution in [3.63, 3.8) is 0 Å². The molecule has 6 nitrogen and oxygen atoms in total. The summed E-state index contributed by atoms with van der Waals surface area (Å²) in [4.78, 5) is 14.8. The Labute approximate surface area is 119 Å². The first-order valence-electron chi connectivity index (χ1n) is 5.38. The molecule has 0 saturated heterocycles. The highest BCUT2D eigenvalue weighted by atomic mass is 79.9. The smallest absolute Gasteiger partial charge is 0.285 e. The summed E-state index contributed by atoms with van der Waals surface area (Å²) < 4.78 is 27.8. The molecular formula is C11H12BrN3O3S. The topological polar surface area (TPSA) is 70.1 Å². The van der Waals surface area contributed by atoms with E-state index in [-0.39, 0.29) is 17.3 Å². The Bertz CT molecular complexity index is 655. The summed E-state index contributed by atoms with van der Waals surface area (Å²) in [6.07, 6.45) is 1.17. The highest BCUT2D eigenvalue weighted by molar-refractivity contribution is 9.10. The predicted molar refractivity (Wildman–Crippen MR) is 75.9 cm³/mol. The van der Waals surface area contributed by atoms with Gasteiger partial charge in [0.1, 0.15) is 17.8 Å². The molecule has 0 aliphatic carbocycles. The normalized spacial score (nSPS) is 16.1. The molecule has 0 aromatic heterocycles. The van der Waals surface area contributed by atoms with Gasteiger partial charge < -0.3 is 9.80 Å². The fourth-order valence-corrected chi connectivity index (χ4v) is 3.42. The van der Waals surface area contributed by atoms with E-state index in [0.717, 1.165) is 0 Å². The lowest BCUT2D eigenvalue weighted by molar-refractivity contribution is -0.127. The summed E-state index contributed by atoms with van der Waals surface area (Å²) in [5.74, 6) is -0.146. The number of halogens is 1. The van der Waals surface area contributed by atoms with Gasteiger partial charge in [-0.3, -0.25) is 4.79 Å². The number of rotatable bonds is 2. The Balaban J connectivity index is 2.49. The van der Waals surface area contributed by atoms with Crippen molar-refractivity contribution < 1.29 is 13.2 Å². The van der Waals surface area contributed by atoms with Crippen molar-refractivity contribution >= 4 is 43.9 Å². The Morgan fingerprint density at radius 3 is 2.74 bits per heavy atom. The predicted octanol–water partition coefficient (Wildman–Crippen LogP) is 1.07. The molecule has 0 radical (unpaired) electrons. The number of para-hydroxylation sites is 1. The van der Waals surface area contributed by atoms with Crippen molar-refractivity contribution in [3.05, 3.63) is 22.7 Å². The van der Waals surface area contributed by atoms with E-state index in [4.69, 9.17) is 0 Å². The zero-order valence-corrected chi connectivity index (χ0v) is 12.8. The number of fused-ring (bicyclic) bond motifs is 1. The van der Waals surface area contributed by atoms with E-state index in [1.807, 2.05) is 0 Å². The van der Waals surface area contributed by atoms with Crippen LogP contribution in [0, 0.1) is 0 Å². The van der Waals surface area contributed by atoms with Crippen LogP contribution >= 0.6 is 15.9 Å². The van der Waals surface area contributed by atoms with E-state index in [9.17, 15) is 13.2 Å². The molecule has 1 aliphatic rings. The van der Waals surface area contributed by atoms with Gasteiger partial charge in [-0.2, -0.15) is 8.42 Å². The van der Waals surface area contributed by atoms with Crippen LogP contribution in [0.25, 0.3) is 0 Å². The zero-order chi connectivity index (χ0) is 14.2. The van der Waals surface area contributed by atoms with Gasteiger partial charge in [-0.25, -0.2) is 0 Å². The summed E-state index contributed by atoms with van der Waals surface area (Å²) in [5, 5.41) is 0. The first-order chi connectivity index (χ1) is 8.83. The molecule has 0 bridgehead atoms. The van der Waals surface area contributed by atoms with Gasteiger partial charge in [0.05, 0.1) is 5.69 Å². The van der Waals surface area contributed by atoms with Crippen LogP contribution in [-0.4, -0.2) is 46.2 Å². The minimum absolute atomic E-state index is 0.0294. The first kappa shape index (κ1) is 14.0. The number of carbonyl (C=O) groups excluding carboxylic acids is 1. The van der Waals surface area contributed by atoms with E-state index in [2.05, 4.69) is 20.3 Å². The lowest BCUT2D eigenvalue weighted by atomic mass is 10.3. The van der Waals surface area contributed by atoms with Crippen LogP contribution in [0.3, 0.4) is 0 Å². The standard InChI is InChI=1S/C11H12BrN3O3S/c1-14(2)10(16)6-15-7-13-19(17,18)9-5-3-4-8(12)11(9)15/h3-5,7H,6H2,1-2H3. The maximum absolute atomic E-state index is 11.8. The van der Waals surface area contributed by atoms with Crippen molar-refractivity contribution in [1.29, 1.82) is 0 Å². The van der Waals surface area contributed by atoms with Gasteiger partial charge in [0.25, 0.3) is 10.0 Å². The number of anilines is 1. The average molecular weight is 346 g/mol. The van der Waals surface area contributed by atoms with Gasteiger partial charge in [0.2, 0.25) is 5.91 Å². The fraction of sp³-hybridized carbons (Fsp3) is 0.273. The quantitative estimate of drug-likeness (QED) is 0.803. The molecule has 0 unspecified atom stereocenters. The van der Waals surface area contributed by atoms with Crippen molar-refractivity contribution in [3.8, 4) is 0 Å². The average Bonchev–Trinajstić information content (AvgIpc) is 2.33. The van der Waals surface area contributed by atoms with Crippen molar-refractivity contribution in [2.75, 3.05) is 25.5 Å². The van der Waals surface area contributed by atoms with Gasteiger partial charge in [0, 0.05) is 18.6 Å². The lowest BCUT2D eigenvalue weighted by Crippen LogP contribution is -2.38. The van der Waals surface area contributed by atoms with Crippen LogP contribution in [0.1, 0.15) is 0 Å². The molecular weight excluding hydrogens is 334 g/mol. The third-order valence-electron chi connectivity index (χ3n) is 2.64. The van der Waals surface area contributed by atoms with Gasteiger partial charge in [-0.15, -0.1) is 4.40 Å². The molecule has 1 aromatic carbocycles. The molecule has 0 saturated carbocycles. The number of likely N-dealkylation sites (N-methyl/N-ethyl adjacent to an activating group) is 1. The first-order valence-corrected chi connectivity index (χ1v) is 7.62. The van der Waals surface area contributed by atoms with E-state index < -0.39 is 10.0 Å². The lowest BCUT2D eigenvalue weighted by Gasteiger charge is -2.26. The minimum Gasteiger partial charge on any atom is -0.347 e. The largest absolute Gasteiger partial charge is 0.347 e. The van der Waals surface area contributed by atoms with Crippen molar-refractivity contribution in [2.45, 2.75) is 4.90 Å².